The molecule has 0 N–H and O–H groups in total. The summed E-state index contributed by atoms with van der Waals surface area (Å²) < 4.78 is 5.74. The summed E-state index contributed by atoms with van der Waals surface area (Å²) in [6.07, 6.45) is 0.391. The zero-order chi connectivity index (χ0) is 15.9. The number of ketones is 1. The zero-order valence-corrected chi connectivity index (χ0v) is 13.2. The minimum Gasteiger partial charge on any atom is -0.489 e. The predicted molar refractivity (Wildman–Crippen MR) is 90.4 cm³/mol. The molecule has 0 atom stereocenters. The van der Waals surface area contributed by atoms with Crippen LogP contribution in [-0.4, -0.2) is 17.6 Å². The molecule has 2 aromatic carbocycles. The van der Waals surface area contributed by atoms with Gasteiger partial charge in [0.2, 0.25) is 0 Å². The summed E-state index contributed by atoms with van der Waals surface area (Å²) in [4.78, 5) is 16.7. The van der Waals surface area contributed by atoms with Gasteiger partial charge in [-0.1, -0.05) is 42.5 Å². The van der Waals surface area contributed by atoms with Crippen LogP contribution in [0.15, 0.2) is 59.6 Å². The largest absolute Gasteiger partial charge is 0.489 e. The van der Waals surface area contributed by atoms with Gasteiger partial charge in [0.1, 0.15) is 11.4 Å². The quantitative estimate of drug-likeness (QED) is 0.565. The fraction of sp³-hybridized carbons (Fsp3) is 0.263. The molecule has 0 aliphatic rings. The Kier molecular flexibility index (Phi) is 5.48. The Morgan fingerprint density at radius 1 is 1.05 bits per heavy atom. The Morgan fingerprint density at radius 3 is 2.36 bits per heavy atom. The van der Waals surface area contributed by atoms with Crippen molar-refractivity contribution in [2.45, 2.75) is 33.3 Å². The van der Waals surface area contributed by atoms with Gasteiger partial charge in [-0.15, -0.1) is 0 Å². The van der Waals surface area contributed by atoms with Crippen LogP contribution in [0, 0.1) is 0 Å². The highest BCUT2D eigenvalue weighted by Gasteiger charge is 2.09. The van der Waals surface area contributed by atoms with Crippen LogP contribution in [0.4, 0.5) is 5.69 Å². The summed E-state index contributed by atoms with van der Waals surface area (Å²) in [5.74, 6) is 0.813. The number of rotatable bonds is 6. The Bertz CT molecular complexity index is 660. The van der Waals surface area contributed by atoms with E-state index in [9.17, 15) is 4.79 Å². The lowest BCUT2D eigenvalue weighted by atomic mass is 10.1. The molecular formula is C19H21NO2. The van der Waals surface area contributed by atoms with Crippen molar-refractivity contribution in [2.75, 3.05) is 0 Å². The predicted octanol–water partition coefficient (Wildman–Crippen LogP) is 4.84. The van der Waals surface area contributed by atoms with Crippen LogP contribution in [0.25, 0.3) is 0 Å². The van der Waals surface area contributed by atoms with Gasteiger partial charge in [-0.2, -0.15) is 0 Å². The third-order valence-corrected chi connectivity index (χ3v) is 3.05. The van der Waals surface area contributed by atoms with Crippen molar-refractivity contribution in [3.63, 3.8) is 0 Å². The van der Waals surface area contributed by atoms with E-state index in [1.807, 2.05) is 75.4 Å². The number of carbonyl (C=O) groups excluding carboxylic acids is 1. The lowest BCUT2D eigenvalue weighted by Crippen LogP contribution is -2.07. The standard InChI is InChI=1S/C19H21NO2/c1-14(2)22-19-12-8-7-11-17(19)20-15(3)13-18(21)16-9-5-4-6-10-16/h4-12,14H,13H2,1-3H3. The highest BCUT2D eigenvalue weighted by Crippen LogP contribution is 2.28. The van der Waals surface area contributed by atoms with Gasteiger partial charge in [0, 0.05) is 17.7 Å². The van der Waals surface area contributed by atoms with Crippen molar-refractivity contribution in [1.82, 2.24) is 0 Å². The van der Waals surface area contributed by atoms with Crippen LogP contribution in [-0.2, 0) is 0 Å². The van der Waals surface area contributed by atoms with Crippen molar-refractivity contribution < 1.29 is 9.53 Å². The Morgan fingerprint density at radius 2 is 1.68 bits per heavy atom. The fourth-order valence-electron chi connectivity index (χ4n) is 2.11. The van der Waals surface area contributed by atoms with Gasteiger partial charge in [0.05, 0.1) is 6.10 Å². The molecule has 2 rings (SSSR count). The lowest BCUT2D eigenvalue weighted by Gasteiger charge is -2.12. The number of ether oxygens (including phenoxy) is 1. The SMILES string of the molecule is CC(CC(=O)c1ccccc1)=Nc1ccccc1OC(C)C. The number of hydrogen-bond donors (Lipinski definition) is 0. The first kappa shape index (κ1) is 16.0. The molecule has 0 unspecified atom stereocenters. The van der Waals surface area contributed by atoms with Crippen LogP contribution in [0.2, 0.25) is 0 Å². The Balaban J connectivity index is 2.14. The van der Waals surface area contributed by atoms with Gasteiger partial charge in [-0.3, -0.25) is 9.79 Å². The topological polar surface area (TPSA) is 38.7 Å². The molecule has 0 aromatic heterocycles. The van der Waals surface area contributed by atoms with Gasteiger partial charge in [-0.05, 0) is 32.9 Å². The average Bonchev–Trinajstić information content (AvgIpc) is 2.49. The lowest BCUT2D eigenvalue weighted by molar-refractivity contribution is 0.100. The second-order valence-electron chi connectivity index (χ2n) is 5.45. The molecule has 0 heterocycles. The van der Waals surface area contributed by atoms with E-state index in [1.54, 1.807) is 0 Å². The van der Waals surface area contributed by atoms with E-state index in [1.165, 1.54) is 0 Å². The van der Waals surface area contributed by atoms with Gasteiger partial charge < -0.3 is 4.74 Å². The van der Waals surface area contributed by atoms with E-state index in [-0.39, 0.29) is 11.9 Å². The maximum absolute atomic E-state index is 12.2. The first-order valence-corrected chi connectivity index (χ1v) is 7.44. The number of para-hydroxylation sites is 2. The molecular weight excluding hydrogens is 274 g/mol. The molecule has 0 aliphatic heterocycles. The van der Waals surface area contributed by atoms with Crippen molar-refractivity contribution in [3.8, 4) is 5.75 Å². The molecule has 0 bridgehead atoms. The summed E-state index contributed by atoms with van der Waals surface area (Å²) in [5, 5.41) is 0. The van der Waals surface area contributed by atoms with Crippen molar-refractivity contribution >= 4 is 17.2 Å². The molecule has 0 spiro atoms. The van der Waals surface area contributed by atoms with Crippen molar-refractivity contribution in [2.24, 2.45) is 4.99 Å². The highest BCUT2D eigenvalue weighted by molar-refractivity contribution is 6.09. The third kappa shape index (κ3) is 4.55. The molecule has 0 amide bonds. The third-order valence-electron chi connectivity index (χ3n) is 3.05. The van der Waals surface area contributed by atoms with Crippen LogP contribution in [0.3, 0.4) is 0 Å². The Labute approximate surface area is 131 Å². The normalized spacial score (nSPS) is 11.5. The van der Waals surface area contributed by atoms with Crippen LogP contribution in [0.5, 0.6) is 5.75 Å². The smallest absolute Gasteiger partial charge is 0.168 e. The fourth-order valence-corrected chi connectivity index (χ4v) is 2.11. The van der Waals surface area contributed by atoms with Crippen molar-refractivity contribution in [3.05, 3.63) is 60.2 Å². The first-order chi connectivity index (χ1) is 10.6. The highest BCUT2D eigenvalue weighted by atomic mass is 16.5. The van der Waals surface area contributed by atoms with Gasteiger partial charge in [-0.25, -0.2) is 0 Å². The van der Waals surface area contributed by atoms with E-state index < -0.39 is 0 Å². The van der Waals surface area contributed by atoms with Gasteiger partial charge in [0.15, 0.2) is 5.78 Å². The number of Topliss-reactive ketones (excluding diaryl/α,β-unsaturated/α-hetero) is 1. The number of nitrogens with zero attached hydrogens (tertiary/aromatic N) is 1. The summed E-state index contributed by atoms with van der Waals surface area (Å²) in [5.41, 5.74) is 2.24. The number of hydrogen-bond acceptors (Lipinski definition) is 3. The van der Waals surface area contributed by atoms with Gasteiger partial charge >= 0.3 is 0 Å². The molecule has 22 heavy (non-hydrogen) atoms. The molecule has 0 radical (unpaired) electrons. The van der Waals surface area contributed by atoms with Crippen molar-refractivity contribution in [1.29, 1.82) is 0 Å². The maximum atomic E-state index is 12.2. The number of aliphatic imine (C=N–C) groups is 1. The first-order valence-electron chi connectivity index (χ1n) is 7.44. The summed E-state index contributed by atoms with van der Waals surface area (Å²) in [7, 11) is 0. The zero-order valence-electron chi connectivity index (χ0n) is 13.2. The van der Waals surface area contributed by atoms with E-state index in [0.29, 0.717) is 12.0 Å². The molecule has 0 fully saturated rings. The second-order valence-corrected chi connectivity index (χ2v) is 5.45. The van der Waals surface area contributed by atoms with E-state index in [0.717, 1.165) is 17.1 Å². The molecule has 114 valence electrons. The minimum atomic E-state index is 0.0732. The van der Waals surface area contributed by atoms with E-state index in [4.69, 9.17) is 4.74 Å². The molecule has 3 nitrogen and oxygen atoms in total. The monoisotopic (exact) mass is 295 g/mol. The number of carbonyl (C=O) groups is 1. The molecule has 3 heteroatoms. The summed E-state index contributed by atoms with van der Waals surface area (Å²) >= 11 is 0. The summed E-state index contributed by atoms with van der Waals surface area (Å²) in [6.45, 7) is 5.82. The Hall–Kier alpha value is -2.42. The van der Waals surface area contributed by atoms with Crippen LogP contribution in [0.1, 0.15) is 37.6 Å². The van der Waals surface area contributed by atoms with Crippen LogP contribution < -0.4 is 4.74 Å². The molecule has 0 saturated heterocycles. The maximum Gasteiger partial charge on any atom is 0.168 e. The van der Waals surface area contributed by atoms with E-state index >= 15 is 0 Å². The average molecular weight is 295 g/mol. The molecule has 0 aliphatic carbocycles. The van der Waals surface area contributed by atoms with E-state index in [2.05, 4.69) is 4.99 Å². The van der Waals surface area contributed by atoms with Crippen LogP contribution >= 0.6 is 0 Å². The van der Waals surface area contributed by atoms with Gasteiger partial charge in [0.25, 0.3) is 0 Å². The summed E-state index contributed by atoms with van der Waals surface area (Å²) in [6, 6.07) is 16.9. The minimum absolute atomic E-state index is 0.0732. The second kappa shape index (κ2) is 7.55. The molecule has 2 aromatic rings. The number of benzene rings is 2. The molecule has 0 saturated carbocycles.